The van der Waals surface area contributed by atoms with Gasteiger partial charge < -0.3 is 24.7 Å². The minimum absolute atomic E-state index is 0.264. The summed E-state index contributed by atoms with van der Waals surface area (Å²) in [5.41, 5.74) is 0. The van der Waals surface area contributed by atoms with E-state index >= 15 is 0 Å². The minimum Gasteiger partial charge on any atom is -0.469 e. The number of carbonyl (C=O) groups excluding carboxylic acids is 1. The third kappa shape index (κ3) is 5.25. The lowest BCUT2D eigenvalue weighted by Crippen LogP contribution is -2.42. The zero-order chi connectivity index (χ0) is 18.5. The van der Waals surface area contributed by atoms with E-state index in [0.29, 0.717) is 30.8 Å². The lowest BCUT2D eigenvalue weighted by Gasteiger charge is -2.17. The van der Waals surface area contributed by atoms with E-state index < -0.39 is 0 Å². The maximum Gasteiger partial charge on any atom is 0.223 e. The Balaban J connectivity index is 1.28. The minimum atomic E-state index is 0.264. The number of guanidine groups is 1. The van der Waals surface area contributed by atoms with E-state index in [1.807, 2.05) is 12.1 Å². The highest BCUT2D eigenvalue weighted by Crippen LogP contribution is 2.32. The Kier molecular flexibility index (Phi) is 5.97. The molecule has 0 spiro atoms. The van der Waals surface area contributed by atoms with Crippen LogP contribution >= 0.6 is 0 Å². The molecule has 2 N–H and O–H groups in total. The number of carbonyl (C=O) groups is 1. The van der Waals surface area contributed by atoms with Gasteiger partial charge in [0.2, 0.25) is 5.91 Å². The smallest absolute Gasteiger partial charge is 0.223 e. The highest BCUT2D eigenvalue weighted by Gasteiger charge is 2.39. The Bertz CT molecular complexity index is 636. The molecule has 7 heteroatoms. The molecule has 2 unspecified atom stereocenters. The molecule has 1 aromatic rings. The van der Waals surface area contributed by atoms with Crippen molar-refractivity contribution in [1.82, 2.24) is 15.5 Å². The summed E-state index contributed by atoms with van der Waals surface area (Å²) in [4.78, 5) is 19.0. The van der Waals surface area contributed by atoms with Crippen LogP contribution in [0.2, 0.25) is 0 Å². The first kappa shape index (κ1) is 18.3. The average molecular weight is 374 g/mol. The van der Waals surface area contributed by atoms with E-state index in [0.717, 1.165) is 57.2 Å². The first-order chi connectivity index (χ1) is 13.3. The van der Waals surface area contributed by atoms with Crippen LogP contribution in [0.3, 0.4) is 0 Å². The van der Waals surface area contributed by atoms with E-state index in [1.54, 1.807) is 6.26 Å². The fourth-order valence-electron chi connectivity index (χ4n) is 3.84. The molecule has 1 aliphatic carbocycles. The van der Waals surface area contributed by atoms with E-state index in [1.165, 1.54) is 12.8 Å². The van der Waals surface area contributed by atoms with Crippen molar-refractivity contribution in [3.63, 3.8) is 0 Å². The van der Waals surface area contributed by atoms with Gasteiger partial charge in [0.25, 0.3) is 0 Å². The number of aliphatic imine (C=N–C) groups is 1. The first-order valence-corrected chi connectivity index (χ1v) is 10.2. The lowest BCUT2D eigenvalue weighted by molar-refractivity contribution is -0.128. The third-order valence-electron chi connectivity index (χ3n) is 5.50. The molecule has 0 bridgehead atoms. The highest BCUT2D eigenvalue weighted by molar-refractivity contribution is 5.81. The quantitative estimate of drug-likeness (QED) is 0.533. The molecule has 3 aliphatic rings. The van der Waals surface area contributed by atoms with E-state index in [-0.39, 0.29) is 6.10 Å². The maximum absolute atomic E-state index is 12.1. The summed E-state index contributed by atoms with van der Waals surface area (Å²) < 4.78 is 11.1. The molecule has 4 rings (SSSR count). The predicted molar refractivity (Wildman–Crippen MR) is 103 cm³/mol. The van der Waals surface area contributed by atoms with Gasteiger partial charge >= 0.3 is 0 Å². The van der Waals surface area contributed by atoms with Crippen molar-refractivity contribution in [1.29, 1.82) is 0 Å². The van der Waals surface area contributed by atoms with Gasteiger partial charge in [0.05, 0.1) is 12.4 Å². The number of amides is 1. The number of ether oxygens (including phenoxy) is 1. The van der Waals surface area contributed by atoms with Gasteiger partial charge in [-0.3, -0.25) is 9.79 Å². The number of furan rings is 1. The van der Waals surface area contributed by atoms with Crippen molar-refractivity contribution in [3.05, 3.63) is 24.2 Å². The number of likely N-dealkylation sites (tertiary alicyclic amines) is 1. The number of nitrogens with one attached hydrogen (secondary N) is 2. The molecule has 2 saturated heterocycles. The summed E-state index contributed by atoms with van der Waals surface area (Å²) in [7, 11) is 0. The van der Waals surface area contributed by atoms with Crippen molar-refractivity contribution in [2.75, 3.05) is 32.8 Å². The van der Waals surface area contributed by atoms with E-state index in [2.05, 4.69) is 15.5 Å². The van der Waals surface area contributed by atoms with Crippen molar-refractivity contribution < 1.29 is 13.9 Å². The largest absolute Gasteiger partial charge is 0.469 e. The van der Waals surface area contributed by atoms with E-state index in [4.69, 9.17) is 14.1 Å². The van der Waals surface area contributed by atoms with Crippen LogP contribution in [-0.4, -0.2) is 61.7 Å². The van der Waals surface area contributed by atoms with Gasteiger partial charge in [-0.25, -0.2) is 0 Å². The molecule has 3 heterocycles. The number of rotatable bonds is 8. The summed E-state index contributed by atoms with van der Waals surface area (Å²) in [6.07, 6.45) is 7.97. The molecule has 2 atom stereocenters. The Morgan fingerprint density at radius 1 is 1.30 bits per heavy atom. The zero-order valence-corrected chi connectivity index (χ0v) is 15.9. The molecule has 1 saturated carbocycles. The summed E-state index contributed by atoms with van der Waals surface area (Å²) in [5.74, 6) is 2.39. The van der Waals surface area contributed by atoms with Gasteiger partial charge in [0.15, 0.2) is 5.96 Å². The second-order valence-corrected chi connectivity index (χ2v) is 7.81. The molecule has 1 aromatic heterocycles. The monoisotopic (exact) mass is 374 g/mol. The fraction of sp³-hybridized carbons (Fsp3) is 0.700. The van der Waals surface area contributed by atoms with Gasteiger partial charge in [-0.05, 0) is 37.8 Å². The fourth-order valence-corrected chi connectivity index (χ4v) is 3.84. The highest BCUT2D eigenvalue weighted by atomic mass is 16.5. The summed E-state index contributed by atoms with van der Waals surface area (Å²) in [6.45, 7) is 3.91. The standard InChI is InChI=1S/C20H30N4O3/c25-19-11-15(14-24(19)16-5-6-16)12-22-20(23-13-18-4-2-10-27-18)21-8-7-17-3-1-9-26-17/h1,3,9,15-16,18H,2,4-8,10-14H2,(H2,21,22,23). The second-order valence-electron chi connectivity index (χ2n) is 7.81. The number of nitrogens with zero attached hydrogens (tertiary/aromatic N) is 2. The van der Waals surface area contributed by atoms with Crippen LogP contribution in [0.25, 0.3) is 0 Å². The maximum atomic E-state index is 12.1. The zero-order valence-electron chi connectivity index (χ0n) is 15.9. The molecular formula is C20H30N4O3. The normalized spacial score (nSPS) is 26.0. The van der Waals surface area contributed by atoms with Crippen LogP contribution in [0, 0.1) is 5.92 Å². The molecule has 148 valence electrons. The Labute approximate surface area is 160 Å². The van der Waals surface area contributed by atoms with Crippen molar-refractivity contribution in [2.45, 2.75) is 50.7 Å². The van der Waals surface area contributed by atoms with Crippen molar-refractivity contribution in [2.24, 2.45) is 10.9 Å². The van der Waals surface area contributed by atoms with Crippen molar-refractivity contribution >= 4 is 11.9 Å². The molecule has 0 aromatic carbocycles. The topological polar surface area (TPSA) is 79.1 Å². The first-order valence-electron chi connectivity index (χ1n) is 10.2. The van der Waals surface area contributed by atoms with Gasteiger partial charge in [0, 0.05) is 57.6 Å². The summed E-state index contributed by atoms with van der Waals surface area (Å²) in [5, 5.41) is 6.80. The second kappa shape index (κ2) is 8.78. The molecule has 27 heavy (non-hydrogen) atoms. The summed E-state index contributed by atoms with van der Waals surface area (Å²) in [6, 6.07) is 4.40. The lowest BCUT2D eigenvalue weighted by atomic mass is 10.1. The number of hydrogen-bond donors (Lipinski definition) is 2. The van der Waals surface area contributed by atoms with Gasteiger partial charge in [-0.15, -0.1) is 0 Å². The molecule has 7 nitrogen and oxygen atoms in total. The predicted octanol–water partition coefficient (Wildman–Crippen LogP) is 1.55. The molecule has 1 amide bonds. The molecule has 3 fully saturated rings. The average Bonchev–Trinajstić information content (AvgIpc) is 3.05. The molecular weight excluding hydrogens is 344 g/mol. The molecule has 0 radical (unpaired) electrons. The van der Waals surface area contributed by atoms with Crippen LogP contribution in [-0.2, 0) is 16.0 Å². The van der Waals surface area contributed by atoms with Gasteiger partial charge in [-0.2, -0.15) is 0 Å². The Hall–Kier alpha value is -2.02. The number of hydrogen-bond acceptors (Lipinski definition) is 4. The SMILES string of the molecule is O=C1CC(CN=C(NCCc2ccco2)NCC2CCCO2)CN1C1CC1. The Morgan fingerprint density at radius 3 is 2.96 bits per heavy atom. The van der Waals surface area contributed by atoms with Crippen LogP contribution in [0.4, 0.5) is 0 Å². The Morgan fingerprint density at radius 2 is 2.22 bits per heavy atom. The van der Waals surface area contributed by atoms with Crippen LogP contribution in [0.15, 0.2) is 27.8 Å². The van der Waals surface area contributed by atoms with Gasteiger partial charge in [0.1, 0.15) is 5.76 Å². The third-order valence-corrected chi connectivity index (χ3v) is 5.50. The van der Waals surface area contributed by atoms with Crippen molar-refractivity contribution in [3.8, 4) is 0 Å². The van der Waals surface area contributed by atoms with Crippen LogP contribution in [0.1, 0.15) is 37.9 Å². The van der Waals surface area contributed by atoms with Crippen LogP contribution < -0.4 is 10.6 Å². The van der Waals surface area contributed by atoms with Gasteiger partial charge in [-0.1, -0.05) is 0 Å². The summed E-state index contributed by atoms with van der Waals surface area (Å²) >= 11 is 0. The molecule has 2 aliphatic heterocycles. The van der Waals surface area contributed by atoms with Crippen LogP contribution in [0.5, 0.6) is 0 Å². The van der Waals surface area contributed by atoms with E-state index in [9.17, 15) is 4.79 Å².